The minimum Gasteiger partial charge on any atom is -0.454 e. The van der Waals surface area contributed by atoms with Crippen LogP contribution in [0.15, 0.2) is 173 Å². The molecule has 4 heterocycles. The Morgan fingerprint density at radius 1 is 0.441 bits per heavy atom. The van der Waals surface area contributed by atoms with Crippen molar-refractivity contribution in [2.24, 2.45) is 11.8 Å². The number of benzene rings is 6. The average Bonchev–Trinajstić information content (AvgIpc) is 3.81. The molecule has 10 rings (SSSR count). The summed E-state index contributed by atoms with van der Waals surface area (Å²) >= 11 is 0. The minimum absolute atomic E-state index is 0.456. The first kappa shape index (κ1) is 36.4. The van der Waals surface area contributed by atoms with E-state index in [2.05, 4.69) is 160 Å². The van der Waals surface area contributed by atoms with E-state index in [-0.39, 0.29) is 0 Å². The maximum atomic E-state index is 6.20. The molecule has 0 aliphatic rings. The van der Waals surface area contributed by atoms with Crippen molar-refractivity contribution >= 4 is 60.9 Å². The molecule has 0 aliphatic heterocycles. The fourth-order valence-corrected chi connectivity index (χ4v) is 8.62. The number of anilines is 3. The Hall–Kier alpha value is -6.98. The van der Waals surface area contributed by atoms with Gasteiger partial charge in [-0.3, -0.25) is 9.97 Å². The summed E-state index contributed by atoms with van der Waals surface area (Å²) in [6, 6.07) is 54.2. The average molecular weight is 768 g/mol. The maximum Gasteiger partial charge on any atom is 0.153 e. The van der Waals surface area contributed by atoms with Gasteiger partial charge in [-0.25, -0.2) is 0 Å². The Morgan fingerprint density at radius 2 is 0.915 bits per heavy atom. The Kier molecular flexibility index (Phi) is 9.29. The van der Waals surface area contributed by atoms with Crippen molar-refractivity contribution in [1.29, 1.82) is 0 Å². The fraction of sp³-hybridized carbons (Fsp3) is 0.148. The number of para-hydroxylation sites is 3. The highest BCUT2D eigenvalue weighted by molar-refractivity contribution is 6.07. The van der Waals surface area contributed by atoms with Crippen molar-refractivity contribution in [1.82, 2.24) is 9.97 Å². The summed E-state index contributed by atoms with van der Waals surface area (Å²) in [6.07, 6.45) is 5.59. The second kappa shape index (κ2) is 15.1. The van der Waals surface area contributed by atoms with Crippen LogP contribution >= 0.6 is 0 Å². The molecule has 4 aromatic heterocycles. The molecule has 0 saturated heterocycles. The third kappa shape index (κ3) is 7.03. The maximum absolute atomic E-state index is 6.20. The normalized spacial score (nSPS) is 11.8. The monoisotopic (exact) mass is 767 g/mol. The Bertz CT molecular complexity index is 2970. The highest BCUT2D eigenvalue weighted by Gasteiger charge is 2.22. The van der Waals surface area contributed by atoms with Crippen molar-refractivity contribution < 1.29 is 8.83 Å². The summed E-state index contributed by atoms with van der Waals surface area (Å²) in [5.74, 6) is 0.912. The van der Waals surface area contributed by atoms with Gasteiger partial charge in [0, 0.05) is 49.6 Å². The van der Waals surface area contributed by atoms with Crippen molar-refractivity contribution in [3.63, 3.8) is 0 Å². The predicted octanol–water partition coefficient (Wildman–Crippen LogP) is 15.1. The van der Waals surface area contributed by atoms with Crippen LogP contribution in [0.3, 0.4) is 0 Å². The second-order valence-corrected chi connectivity index (χ2v) is 16.5. The van der Waals surface area contributed by atoms with E-state index < -0.39 is 0 Å². The van der Waals surface area contributed by atoms with E-state index in [1.165, 1.54) is 11.1 Å². The highest BCUT2D eigenvalue weighted by Crippen LogP contribution is 2.44. The van der Waals surface area contributed by atoms with Crippen LogP contribution in [0, 0.1) is 11.8 Å². The Balaban J connectivity index is 1.22. The molecule has 288 valence electrons. The molecule has 0 atom stereocenters. The number of nitrogens with zero attached hydrogens (tertiary/aromatic N) is 3. The summed E-state index contributed by atoms with van der Waals surface area (Å²) in [4.78, 5) is 12.5. The van der Waals surface area contributed by atoms with E-state index in [9.17, 15) is 0 Å². The minimum atomic E-state index is 0.456. The second-order valence-electron chi connectivity index (χ2n) is 16.5. The predicted molar refractivity (Wildman–Crippen MR) is 245 cm³/mol. The first-order chi connectivity index (χ1) is 28.8. The number of pyridine rings is 2. The smallest absolute Gasteiger partial charge is 0.153 e. The summed E-state index contributed by atoms with van der Waals surface area (Å²) in [5.41, 5.74) is 15.3. The molecule has 0 unspecified atom stereocenters. The number of rotatable bonds is 10. The largest absolute Gasteiger partial charge is 0.454 e. The molecule has 59 heavy (non-hydrogen) atoms. The molecular formula is C54H45N3O2. The molecule has 6 aromatic carbocycles. The van der Waals surface area contributed by atoms with Crippen LogP contribution in [0.5, 0.6) is 0 Å². The number of fused-ring (bicyclic) bond motifs is 6. The summed E-state index contributed by atoms with van der Waals surface area (Å²) in [5, 5.41) is 4.31. The number of hydrogen-bond donors (Lipinski definition) is 0. The molecule has 0 saturated carbocycles. The summed E-state index contributed by atoms with van der Waals surface area (Å²) in [7, 11) is 0. The van der Waals surface area contributed by atoms with Crippen LogP contribution in [0.1, 0.15) is 38.8 Å². The standard InChI is InChI=1S/C54H45N3O2/c1-34(2)22-36-24-39(48-30-46-44-17-9-12-20-51(44)58-53(46)32-55-48)28-41(26-36)57(50-19-11-8-16-43(50)38-14-6-5-7-15-38)42-27-37(23-35(3)4)25-40(29-42)49-31-47-45-18-10-13-21-52(45)59-54(47)33-56-49/h5-21,24-35H,22-23H2,1-4H3. The zero-order chi connectivity index (χ0) is 40.0. The highest BCUT2D eigenvalue weighted by atomic mass is 16.3. The van der Waals surface area contributed by atoms with E-state index in [1.807, 2.05) is 36.7 Å². The Morgan fingerprint density at radius 3 is 1.44 bits per heavy atom. The molecular weight excluding hydrogens is 723 g/mol. The fourth-order valence-electron chi connectivity index (χ4n) is 8.62. The van der Waals surface area contributed by atoms with Crippen molar-refractivity contribution in [2.45, 2.75) is 40.5 Å². The molecule has 5 heteroatoms. The van der Waals surface area contributed by atoms with Gasteiger partial charge < -0.3 is 13.7 Å². The lowest BCUT2D eigenvalue weighted by Gasteiger charge is -2.30. The molecule has 0 amide bonds. The van der Waals surface area contributed by atoms with E-state index in [4.69, 9.17) is 18.8 Å². The zero-order valence-corrected chi connectivity index (χ0v) is 33.8. The molecule has 0 N–H and O–H groups in total. The van der Waals surface area contributed by atoms with Gasteiger partial charge in [0.05, 0.1) is 29.5 Å². The van der Waals surface area contributed by atoms with E-state index in [0.717, 1.165) is 107 Å². The lowest BCUT2D eigenvalue weighted by molar-refractivity contribution is 0.647. The molecule has 0 spiro atoms. The van der Waals surface area contributed by atoms with Gasteiger partial charge in [-0.15, -0.1) is 0 Å². The first-order valence-corrected chi connectivity index (χ1v) is 20.6. The molecule has 0 radical (unpaired) electrons. The van der Waals surface area contributed by atoms with E-state index in [0.29, 0.717) is 11.8 Å². The van der Waals surface area contributed by atoms with E-state index >= 15 is 0 Å². The molecule has 0 bridgehead atoms. The SMILES string of the molecule is CC(C)Cc1cc(-c2cc3c(cn2)oc2ccccc23)cc(N(c2cc(CC(C)C)cc(-c3cc4c(cn3)oc3ccccc34)c2)c2ccccc2-c2ccccc2)c1. The van der Waals surface area contributed by atoms with Gasteiger partial charge in [0.15, 0.2) is 11.2 Å². The molecule has 10 aromatic rings. The van der Waals surface area contributed by atoms with Crippen molar-refractivity contribution in [3.05, 3.63) is 175 Å². The van der Waals surface area contributed by atoms with Crippen molar-refractivity contribution in [3.8, 4) is 33.6 Å². The third-order valence-electron chi connectivity index (χ3n) is 11.1. The van der Waals surface area contributed by atoms with Gasteiger partial charge >= 0.3 is 0 Å². The summed E-state index contributed by atoms with van der Waals surface area (Å²) < 4.78 is 12.4. The van der Waals surface area contributed by atoms with Crippen LogP contribution in [0.2, 0.25) is 0 Å². The first-order valence-electron chi connectivity index (χ1n) is 20.6. The zero-order valence-electron chi connectivity index (χ0n) is 33.8. The lowest BCUT2D eigenvalue weighted by Crippen LogP contribution is -2.13. The van der Waals surface area contributed by atoms with Gasteiger partial charge in [0.2, 0.25) is 0 Å². The number of aromatic nitrogens is 2. The molecule has 0 fully saturated rings. The lowest BCUT2D eigenvalue weighted by atomic mass is 9.95. The van der Waals surface area contributed by atoms with Gasteiger partial charge in [-0.05, 0) is 108 Å². The quantitative estimate of drug-likeness (QED) is 0.139. The van der Waals surface area contributed by atoms with Crippen LogP contribution in [-0.2, 0) is 12.8 Å². The van der Waals surface area contributed by atoms with Crippen LogP contribution in [0.4, 0.5) is 17.1 Å². The third-order valence-corrected chi connectivity index (χ3v) is 11.1. The van der Waals surface area contributed by atoms with Crippen LogP contribution in [-0.4, -0.2) is 9.97 Å². The Labute approximate surface area is 344 Å². The molecule has 0 aliphatic carbocycles. The van der Waals surface area contributed by atoms with Gasteiger partial charge in [0.1, 0.15) is 11.2 Å². The van der Waals surface area contributed by atoms with Gasteiger partial charge in [-0.1, -0.05) is 113 Å². The molecule has 5 nitrogen and oxygen atoms in total. The summed E-state index contributed by atoms with van der Waals surface area (Å²) in [6.45, 7) is 9.13. The van der Waals surface area contributed by atoms with Gasteiger partial charge in [-0.2, -0.15) is 0 Å². The van der Waals surface area contributed by atoms with Crippen LogP contribution in [0.25, 0.3) is 77.5 Å². The van der Waals surface area contributed by atoms with Crippen molar-refractivity contribution in [2.75, 3.05) is 4.90 Å². The van der Waals surface area contributed by atoms with Gasteiger partial charge in [0.25, 0.3) is 0 Å². The topological polar surface area (TPSA) is 55.3 Å². The number of hydrogen-bond acceptors (Lipinski definition) is 5. The van der Waals surface area contributed by atoms with Crippen LogP contribution < -0.4 is 4.90 Å². The van der Waals surface area contributed by atoms with E-state index in [1.54, 1.807) is 0 Å². The number of furan rings is 2.